The van der Waals surface area contributed by atoms with Gasteiger partial charge in [-0.05, 0) is 182 Å². The molecule has 10 rings (SSSR count). The van der Waals surface area contributed by atoms with Crippen LogP contribution in [0.4, 0.5) is 8.78 Å². The lowest BCUT2D eigenvalue weighted by atomic mass is 9.71. The minimum atomic E-state index is -0.454. The summed E-state index contributed by atoms with van der Waals surface area (Å²) in [4.78, 5) is 0. The van der Waals surface area contributed by atoms with E-state index in [1.165, 1.54) is 34.4 Å². The van der Waals surface area contributed by atoms with Crippen LogP contribution in [0.15, 0.2) is 127 Å². The Balaban J connectivity index is 1.14. The van der Waals surface area contributed by atoms with Gasteiger partial charge in [-0.3, -0.25) is 0 Å². The summed E-state index contributed by atoms with van der Waals surface area (Å²) in [5.74, 6) is 0.186. The SMILES string of the molecule is [CH2-][O+](c1ccc(F)cc1-c1cc(C(C)(C)CC(C)(C)C)cc(-n2c3cc(C(C)(C)C)ccc3c3ccc(C(C)(C)C)cc32)c1O)C(C)CC(C)[O+]([CH2-])c1c(-c2cc(C(C)(C)CC(C)(C)C)cc(-n3c4cc(C(C)(C)C)ccc4c4ccc(C(C)(C)C)cc43)c2O)cc(F)cc1C(C)C. The van der Waals surface area contributed by atoms with Gasteiger partial charge in [0.15, 0.2) is 12.2 Å². The van der Waals surface area contributed by atoms with Gasteiger partial charge in [0.1, 0.15) is 29.6 Å². The second-order valence-corrected chi connectivity index (χ2v) is 37.0. The van der Waals surface area contributed by atoms with E-state index in [1.54, 1.807) is 18.2 Å². The van der Waals surface area contributed by atoms with E-state index in [-0.39, 0.29) is 49.9 Å². The fraction of sp³-hybridized carbons (Fsp3) is 0.444. The first kappa shape index (κ1) is 73.1. The van der Waals surface area contributed by atoms with Crippen LogP contribution in [0.2, 0.25) is 0 Å². The summed E-state index contributed by atoms with van der Waals surface area (Å²) in [7, 11) is 9.48. The van der Waals surface area contributed by atoms with E-state index in [4.69, 9.17) is 14.2 Å². The minimum absolute atomic E-state index is 0.0209. The van der Waals surface area contributed by atoms with Crippen molar-refractivity contribution in [1.29, 1.82) is 0 Å². The molecule has 522 valence electrons. The highest BCUT2D eigenvalue weighted by atomic mass is 19.1. The van der Waals surface area contributed by atoms with Crippen molar-refractivity contribution in [2.45, 2.75) is 250 Å². The first-order valence-electron chi connectivity index (χ1n) is 35.6. The molecule has 0 amide bonds. The summed E-state index contributed by atoms with van der Waals surface area (Å²) in [5, 5.41) is 31.3. The topological polar surface area (TPSA) is 55.7 Å². The van der Waals surface area contributed by atoms with E-state index in [1.807, 2.05) is 0 Å². The maximum Gasteiger partial charge on any atom is 0.238 e. The van der Waals surface area contributed by atoms with Crippen molar-refractivity contribution < 1.29 is 27.7 Å². The van der Waals surface area contributed by atoms with Gasteiger partial charge >= 0.3 is 0 Å². The number of phenols is 2. The van der Waals surface area contributed by atoms with E-state index in [9.17, 15) is 10.2 Å². The second kappa shape index (κ2) is 25.2. The third kappa shape index (κ3) is 14.3. The van der Waals surface area contributed by atoms with Crippen LogP contribution in [0.1, 0.15) is 244 Å². The quantitative estimate of drug-likeness (QED) is 0.0794. The van der Waals surface area contributed by atoms with Gasteiger partial charge in [0.05, 0.1) is 50.1 Å². The summed E-state index contributed by atoms with van der Waals surface area (Å²) in [6, 6.07) is 43.2. The normalized spacial score (nSPS) is 14.0. The Morgan fingerprint density at radius 1 is 0.378 bits per heavy atom. The van der Waals surface area contributed by atoms with Crippen molar-refractivity contribution in [3.63, 3.8) is 0 Å². The van der Waals surface area contributed by atoms with Crippen molar-refractivity contribution in [2.24, 2.45) is 10.8 Å². The van der Waals surface area contributed by atoms with Gasteiger partial charge in [0.2, 0.25) is 11.5 Å². The molecule has 0 aliphatic rings. The second-order valence-electron chi connectivity index (χ2n) is 37.0. The predicted octanol–water partition coefficient (Wildman–Crippen LogP) is 26.6. The Morgan fingerprint density at radius 2 is 0.714 bits per heavy atom. The minimum Gasteiger partial charge on any atom is -0.709 e. The lowest BCUT2D eigenvalue weighted by Crippen LogP contribution is -2.26. The van der Waals surface area contributed by atoms with E-state index in [0.717, 1.165) is 67.6 Å². The van der Waals surface area contributed by atoms with Gasteiger partial charge < -0.3 is 28.1 Å². The molecule has 8 heteroatoms. The molecule has 2 aromatic heterocycles. The van der Waals surface area contributed by atoms with E-state index in [0.29, 0.717) is 57.1 Å². The molecule has 0 aliphatic carbocycles. The maximum absolute atomic E-state index is 17.0. The van der Waals surface area contributed by atoms with Crippen molar-refractivity contribution >= 4 is 43.6 Å². The predicted molar refractivity (Wildman–Crippen MR) is 414 cm³/mol. The monoisotopic (exact) mass is 1320 g/mol. The first-order chi connectivity index (χ1) is 45.0. The van der Waals surface area contributed by atoms with E-state index < -0.39 is 34.7 Å². The summed E-state index contributed by atoms with van der Waals surface area (Å²) in [6.07, 6.45) is 1.27. The van der Waals surface area contributed by atoms with Crippen LogP contribution in [-0.2, 0) is 41.2 Å². The zero-order valence-electron chi connectivity index (χ0n) is 64.3. The zero-order chi connectivity index (χ0) is 72.6. The zero-order valence-corrected chi connectivity index (χ0v) is 64.3. The molecule has 8 aromatic carbocycles. The Kier molecular flexibility index (Phi) is 18.8. The summed E-state index contributed by atoms with van der Waals surface area (Å²) in [5.41, 5.74) is 12.9. The van der Waals surface area contributed by atoms with Crippen LogP contribution in [0.25, 0.3) is 77.2 Å². The molecule has 6 nitrogen and oxygen atoms in total. The van der Waals surface area contributed by atoms with Crippen LogP contribution in [0.3, 0.4) is 0 Å². The van der Waals surface area contributed by atoms with Crippen molar-refractivity contribution in [1.82, 2.24) is 9.13 Å². The van der Waals surface area contributed by atoms with Crippen LogP contribution >= 0.6 is 0 Å². The van der Waals surface area contributed by atoms with Crippen LogP contribution < -0.4 is 0 Å². The van der Waals surface area contributed by atoms with E-state index in [2.05, 4.69) is 295 Å². The largest absolute Gasteiger partial charge is 0.709 e. The van der Waals surface area contributed by atoms with Crippen molar-refractivity contribution in [2.75, 3.05) is 0 Å². The maximum atomic E-state index is 17.0. The number of nitrogens with zero attached hydrogens (tertiary/aromatic N) is 2. The molecule has 2 unspecified atom stereocenters. The molecule has 0 saturated carbocycles. The van der Waals surface area contributed by atoms with Gasteiger partial charge in [0, 0.05) is 52.6 Å². The Morgan fingerprint density at radius 3 is 1.05 bits per heavy atom. The molecule has 10 aromatic rings. The molecule has 2 atom stereocenters. The Labute approximate surface area is 586 Å². The number of hydrogen-bond donors (Lipinski definition) is 2. The third-order valence-electron chi connectivity index (χ3n) is 20.6. The highest BCUT2D eigenvalue weighted by Gasteiger charge is 2.37. The number of aromatic hydroxyl groups is 2. The molecular weight excluding hydrogens is 1210 g/mol. The number of hydrogen-bond acceptors (Lipinski definition) is 2. The van der Waals surface area contributed by atoms with Gasteiger partial charge in [-0.15, -0.1) is 0 Å². The van der Waals surface area contributed by atoms with Crippen LogP contribution in [0, 0.1) is 36.7 Å². The molecule has 2 N–H and O–H groups in total. The molecular formula is C90H114F2N2O4. The average molecular weight is 1330 g/mol. The first-order valence-corrected chi connectivity index (χ1v) is 35.6. The third-order valence-corrected chi connectivity index (χ3v) is 20.6. The molecule has 2 heterocycles. The van der Waals surface area contributed by atoms with Crippen molar-refractivity contribution in [3.05, 3.63) is 192 Å². The smallest absolute Gasteiger partial charge is 0.238 e. The number of aromatic nitrogens is 2. The molecule has 0 fully saturated rings. The number of rotatable bonds is 15. The highest BCUT2D eigenvalue weighted by Crippen LogP contribution is 2.54. The van der Waals surface area contributed by atoms with Crippen LogP contribution in [-0.4, -0.2) is 31.6 Å². The highest BCUT2D eigenvalue weighted by molar-refractivity contribution is 6.11. The summed E-state index contributed by atoms with van der Waals surface area (Å²) < 4.78 is 44.2. The summed E-state index contributed by atoms with van der Waals surface area (Å²) in [6.45, 7) is 57.6. The van der Waals surface area contributed by atoms with Crippen LogP contribution in [0.5, 0.6) is 23.0 Å². The molecule has 98 heavy (non-hydrogen) atoms. The molecule has 0 bridgehead atoms. The van der Waals surface area contributed by atoms with Crippen molar-refractivity contribution in [3.8, 4) is 56.6 Å². The number of benzene rings is 8. The Bertz CT molecular complexity index is 4550. The number of halogens is 2. The number of fused-ring (bicyclic) bond motifs is 6. The average Bonchev–Trinajstić information content (AvgIpc) is 1.56. The lowest BCUT2D eigenvalue weighted by Gasteiger charge is -2.41. The number of phenolic OH excluding ortho intramolecular Hbond substituents is 2. The van der Waals surface area contributed by atoms with Gasteiger partial charge in [-0.1, -0.05) is 215 Å². The molecule has 0 aliphatic heterocycles. The standard InChI is InChI=1S/C90H114F2N2O4/c1-53(2)68-49-63(92)50-72(71-41-61(90(25,26)52-84(8,9)10)47-78(81(71)96)94-75-44-58(87(17,18)19)31-36-66(75)67-37-32-59(45-76(67)94)88(20,21)22)82(68)98(28)55(4)39-54(3)97(27)79-38-33-62(91)48-69(79)70-40-60(89(23,24)51-83(5,6)7)46-77(80(70)95)93-73-42-56(85(11,12)13)29-34-64(73)65-35-30-57(43-74(65)93)86(14,15)16/h29-38,40-50,53-55,95-96H,27-28,39,51-52H2,1-26H3. The lowest BCUT2D eigenvalue weighted by molar-refractivity contribution is -0.0943. The van der Waals surface area contributed by atoms with E-state index >= 15 is 8.78 Å². The van der Waals surface area contributed by atoms with Gasteiger partial charge in [-0.2, -0.15) is 0 Å². The summed E-state index contributed by atoms with van der Waals surface area (Å²) >= 11 is 0. The molecule has 0 spiro atoms. The molecule has 0 saturated heterocycles. The molecule has 0 radical (unpaired) electrons. The fourth-order valence-corrected chi connectivity index (χ4v) is 15.6. The van der Waals surface area contributed by atoms with Gasteiger partial charge in [-0.25, -0.2) is 8.78 Å². The Hall–Kier alpha value is -7.58. The van der Waals surface area contributed by atoms with Gasteiger partial charge in [0.25, 0.3) is 0 Å². The fourth-order valence-electron chi connectivity index (χ4n) is 15.6.